The molecule has 1 heterocycles. The van der Waals surface area contributed by atoms with Crippen molar-refractivity contribution >= 4 is 27.7 Å². The van der Waals surface area contributed by atoms with Crippen LogP contribution in [0.3, 0.4) is 0 Å². The van der Waals surface area contributed by atoms with Crippen molar-refractivity contribution in [1.29, 1.82) is 0 Å². The van der Waals surface area contributed by atoms with Gasteiger partial charge in [-0.25, -0.2) is 9.97 Å². The normalized spacial score (nSPS) is 16.3. The Morgan fingerprint density at radius 1 is 1.50 bits per heavy atom. The van der Waals surface area contributed by atoms with Gasteiger partial charge in [-0.05, 0) is 28.8 Å². The van der Waals surface area contributed by atoms with E-state index in [4.69, 9.17) is 5.73 Å². The molecule has 2 rings (SSSR count). The lowest BCUT2D eigenvalue weighted by atomic mass is 10.2. The Bertz CT molecular complexity index is 404. The van der Waals surface area contributed by atoms with Gasteiger partial charge in [0.25, 0.3) is 5.91 Å². The molecule has 0 bridgehead atoms. The molecule has 0 unspecified atom stereocenters. The number of hydrogen-bond acceptors (Lipinski definition) is 4. The Labute approximate surface area is 102 Å². The number of nitrogens with zero attached hydrogens (tertiary/aromatic N) is 2. The third kappa shape index (κ3) is 2.49. The lowest BCUT2D eigenvalue weighted by Gasteiger charge is -2.11. The summed E-state index contributed by atoms with van der Waals surface area (Å²) >= 11 is 3.17. The van der Waals surface area contributed by atoms with Crippen LogP contribution in [-0.4, -0.2) is 21.9 Å². The molecular formula is C10H13BrN4O. The fourth-order valence-corrected chi connectivity index (χ4v) is 2.15. The maximum absolute atomic E-state index is 11.9. The number of halogens is 1. The van der Waals surface area contributed by atoms with E-state index in [1.807, 2.05) is 0 Å². The van der Waals surface area contributed by atoms with Crippen molar-refractivity contribution in [2.24, 2.45) is 0 Å². The summed E-state index contributed by atoms with van der Waals surface area (Å²) in [6, 6.07) is 0.257. The van der Waals surface area contributed by atoms with Crippen LogP contribution in [0.1, 0.15) is 36.2 Å². The zero-order valence-electron chi connectivity index (χ0n) is 8.74. The van der Waals surface area contributed by atoms with E-state index in [-0.39, 0.29) is 23.5 Å². The molecule has 1 aliphatic rings. The summed E-state index contributed by atoms with van der Waals surface area (Å²) in [7, 11) is 0. The van der Waals surface area contributed by atoms with Gasteiger partial charge in [-0.15, -0.1) is 0 Å². The van der Waals surface area contributed by atoms with Crippen LogP contribution in [-0.2, 0) is 0 Å². The summed E-state index contributed by atoms with van der Waals surface area (Å²) in [5.74, 6) is -0.0723. The summed E-state index contributed by atoms with van der Waals surface area (Å²) in [4.78, 5) is 19.8. The molecule has 86 valence electrons. The number of nitrogens with two attached hydrogens (primary N) is 1. The maximum Gasteiger partial charge on any atom is 0.273 e. The quantitative estimate of drug-likeness (QED) is 0.862. The number of nitrogen functional groups attached to an aromatic ring is 1. The van der Waals surface area contributed by atoms with Crippen LogP contribution in [0.2, 0.25) is 0 Å². The number of amides is 1. The van der Waals surface area contributed by atoms with Gasteiger partial charge in [-0.1, -0.05) is 12.8 Å². The lowest BCUT2D eigenvalue weighted by molar-refractivity contribution is 0.0933. The second-order valence-electron chi connectivity index (χ2n) is 3.88. The minimum atomic E-state index is -0.238. The monoisotopic (exact) mass is 284 g/mol. The van der Waals surface area contributed by atoms with Gasteiger partial charge < -0.3 is 11.1 Å². The Morgan fingerprint density at radius 2 is 2.19 bits per heavy atom. The first kappa shape index (κ1) is 11.3. The number of hydrogen-bond donors (Lipinski definition) is 2. The van der Waals surface area contributed by atoms with Crippen LogP contribution in [0.25, 0.3) is 0 Å². The van der Waals surface area contributed by atoms with Gasteiger partial charge in [-0.3, -0.25) is 4.79 Å². The van der Waals surface area contributed by atoms with Crippen LogP contribution in [0.15, 0.2) is 10.8 Å². The van der Waals surface area contributed by atoms with Crippen LogP contribution >= 0.6 is 15.9 Å². The Hall–Kier alpha value is -1.17. The molecule has 6 heteroatoms. The van der Waals surface area contributed by atoms with Crippen LogP contribution in [0.5, 0.6) is 0 Å². The van der Waals surface area contributed by atoms with E-state index in [0.29, 0.717) is 4.60 Å². The van der Waals surface area contributed by atoms with Crippen LogP contribution in [0.4, 0.5) is 5.82 Å². The van der Waals surface area contributed by atoms with E-state index in [2.05, 4.69) is 31.2 Å². The van der Waals surface area contributed by atoms with Crippen molar-refractivity contribution in [3.05, 3.63) is 16.5 Å². The molecule has 1 aromatic rings. The highest BCUT2D eigenvalue weighted by molar-refractivity contribution is 9.10. The second-order valence-corrected chi connectivity index (χ2v) is 4.69. The predicted molar refractivity (Wildman–Crippen MR) is 63.9 cm³/mol. The van der Waals surface area contributed by atoms with Crippen molar-refractivity contribution in [2.75, 3.05) is 5.73 Å². The summed E-state index contributed by atoms with van der Waals surface area (Å²) < 4.78 is 0.512. The van der Waals surface area contributed by atoms with Crippen LogP contribution < -0.4 is 11.1 Å². The smallest absolute Gasteiger partial charge is 0.273 e. The Balaban J connectivity index is 2.10. The van der Waals surface area contributed by atoms with E-state index < -0.39 is 0 Å². The van der Waals surface area contributed by atoms with Gasteiger partial charge in [0.15, 0.2) is 11.5 Å². The van der Waals surface area contributed by atoms with Crippen molar-refractivity contribution < 1.29 is 4.79 Å². The molecule has 3 N–H and O–H groups in total. The molecule has 0 aliphatic heterocycles. The summed E-state index contributed by atoms with van der Waals surface area (Å²) in [6.45, 7) is 0. The molecule has 1 saturated carbocycles. The largest absolute Gasteiger partial charge is 0.382 e. The molecule has 0 aromatic carbocycles. The molecular weight excluding hydrogens is 272 g/mol. The molecule has 0 atom stereocenters. The van der Waals surface area contributed by atoms with Gasteiger partial charge in [0.2, 0.25) is 0 Å². The highest BCUT2D eigenvalue weighted by atomic mass is 79.9. The van der Waals surface area contributed by atoms with E-state index >= 15 is 0 Å². The molecule has 0 spiro atoms. The minimum Gasteiger partial charge on any atom is -0.382 e. The van der Waals surface area contributed by atoms with Crippen molar-refractivity contribution in [2.45, 2.75) is 31.7 Å². The minimum absolute atomic E-state index is 0.165. The van der Waals surface area contributed by atoms with Crippen molar-refractivity contribution in [3.63, 3.8) is 0 Å². The molecule has 5 nitrogen and oxygen atoms in total. The zero-order valence-corrected chi connectivity index (χ0v) is 10.3. The number of nitrogens with one attached hydrogen (secondary N) is 1. The summed E-state index contributed by atoms with van der Waals surface area (Å²) in [6.07, 6.45) is 5.89. The SMILES string of the molecule is Nc1ncc(Br)nc1C(=O)NC1CCCC1. The Morgan fingerprint density at radius 3 is 2.88 bits per heavy atom. The van der Waals surface area contributed by atoms with E-state index in [1.54, 1.807) is 0 Å². The fraction of sp³-hybridized carbons (Fsp3) is 0.500. The first-order chi connectivity index (χ1) is 7.66. The average Bonchev–Trinajstić information content (AvgIpc) is 2.74. The number of rotatable bonds is 2. The topological polar surface area (TPSA) is 80.9 Å². The van der Waals surface area contributed by atoms with Gasteiger partial charge in [0, 0.05) is 6.04 Å². The standard InChI is InChI=1S/C10H13BrN4O/c11-7-5-13-9(12)8(15-7)10(16)14-6-3-1-2-4-6/h5-6H,1-4H2,(H2,12,13)(H,14,16). The first-order valence-electron chi connectivity index (χ1n) is 5.25. The Kier molecular flexibility index (Phi) is 3.38. The maximum atomic E-state index is 11.9. The zero-order chi connectivity index (χ0) is 11.5. The lowest BCUT2D eigenvalue weighted by Crippen LogP contribution is -2.33. The van der Waals surface area contributed by atoms with Crippen LogP contribution in [0, 0.1) is 0 Å². The average molecular weight is 285 g/mol. The highest BCUT2D eigenvalue weighted by Crippen LogP contribution is 2.18. The van der Waals surface area contributed by atoms with Crippen molar-refractivity contribution in [3.8, 4) is 0 Å². The van der Waals surface area contributed by atoms with Gasteiger partial charge in [0.05, 0.1) is 6.20 Å². The molecule has 1 aliphatic carbocycles. The number of aromatic nitrogens is 2. The van der Waals surface area contributed by atoms with Crippen molar-refractivity contribution in [1.82, 2.24) is 15.3 Å². The van der Waals surface area contributed by atoms with E-state index in [1.165, 1.54) is 19.0 Å². The van der Waals surface area contributed by atoms with Gasteiger partial charge in [0.1, 0.15) is 4.60 Å². The summed E-state index contributed by atoms with van der Waals surface area (Å²) in [5.41, 5.74) is 5.80. The van der Waals surface area contributed by atoms with E-state index in [0.717, 1.165) is 12.8 Å². The second kappa shape index (κ2) is 4.78. The third-order valence-corrected chi connectivity index (χ3v) is 3.06. The van der Waals surface area contributed by atoms with Gasteiger partial charge >= 0.3 is 0 Å². The highest BCUT2D eigenvalue weighted by Gasteiger charge is 2.20. The van der Waals surface area contributed by atoms with Gasteiger partial charge in [-0.2, -0.15) is 0 Å². The molecule has 1 aromatic heterocycles. The fourth-order valence-electron chi connectivity index (χ4n) is 1.87. The third-order valence-electron chi connectivity index (χ3n) is 2.68. The first-order valence-corrected chi connectivity index (χ1v) is 6.05. The number of carbonyl (C=O) groups excluding carboxylic acids is 1. The molecule has 1 fully saturated rings. The number of carbonyl (C=O) groups is 1. The number of anilines is 1. The molecule has 1 amide bonds. The molecule has 0 saturated heterocycles. The summed E-state index contributed by atoms with van der Waals surface area (Å²) in [5, 5.41) is 2.92. The molecule has 16 heavy (non-hydrogen) atoms. The van der Waals surface area contributed by atoms with E-state index in [9.17, 15) is 4.79 Å². The molecule has 0 radical (unpaired) electrons. The predicted octanol–water partition coefficient (Wildman–Crippen LogP) is 1.49.